The first kappa shape index (κ1) is 15.8. The molecule has 7 heteroatoms. The van der Waals surface area contributed by atoms with Gasteiger partial charge in [0.2, 0.25) is 0 Å². The molecule has 2 atom stereocenters. The largest absolute Gasteiger partial charge is 0.372 e. The van der Waals surface area contributed by atoms with Gasteiger partial charge in [0.25, 0.3) is 10.0 Å². The van der Waals surface area contributed by atoms with Gasteiger partial charge >= 0.3 is 6.03 Å². The Kier molecular flexibility index (Phi) is 4.53. The van der Waals surface area contributed by atoms with Crippen molar-refractivity contribution >= 4 is 16.1 Å². The van der Waals surface area contributed by atoms with Gasteiger partial charge in [-0.3, -0.25) is 0 Å². The molecule has 0 aromatic heterocycles. The van der Waals surface area contributed by atoms with Crippen molar-refractivity contribution < 1.29 is 17.9 Å². The predicted octanol–water partition coefficient (Wildman–Crippen LogP) is 1.50. The average molecular weight is 312 g/mol. The summed E-state index contributed by atoms with van der Waals surface area (Å²) >= 11 is 0. The Bertz CT molecular complexity index is 602. The molecular formula is C14H20N2O4S. The zero-order valence-electron chi connectivity index (χ0n) is 12.4. The van der Waals surface area contributed by atoms with Crippen LogP contribution in [0.15, 0.2) is 29.2 Å². The summed E-state index contributed by atoms with van der Waals surface area (Å²) < 4.78 is 32.0. The van der Waals surface area contributed by atoms with Crippen LogP contribution < -0.4 is 4.72 Å². The standard InChI is InChI=1S/C14H20N2O4S/c1-10-4-6-13(7-5-10)21(18,19)15-14(17)16-8-11(2)20-12(3)9-16/h4-7,11-12H,8-9H2,1-3H3,(H,15,17)/t11-,12-/m0/s1. The summed E-state index contributed by atoms with van der Waals surface area (Å²) in [4.78, 5) is 13.7. The van der Waals surface area contributed by atoms with Crippen molar-refractivity contribution in [3.05, 3.63) is 29.8 Å². The Morgan fingerprint density at radius 2 is 1.71 bits per heavy atom. The van der Waals surface area contributed by atoms with Gasteiger partial charge in [0.15, 0.2) is 0 Å². The number of nitrogens with zero attached hydrogens (tertiary/aromatic N) is 1. The lowest BCUT2D eigenvalue weighted by molar-refractivity contribution is -0.0539. The minimum Gasteiger partial charge on any atom is -0.372 e. The molecule has 1 aromatic rings. The quantitative estimate of drug-likeness (QED) is 0.898. The zero-order valence-corrected chi connectivity index (χ0v) is 13.2. The minimum atomic E-state index is -3.84. The van der Waals surface area contributed by atoms with Crippen LogP contribution >= 0.6 is 0 Å². The van der Waals surface area contributed by atoms with E-state index in [1.165, 1.54) is 17.0 Å². The SMILES string of the molecule is Cc1ccc(S(=O)(=O)NC(=O)N2C[C@H](C)O[C@@H](C)C2)cc1. The van der Waals surface area contributed by atoms with Gasteiger partial charge in [-0.05, 0) is 32.9 Å². The summed E-state index contributed by atoms with van der Waals surface area (Å²) in [5, 5.41) is 0. The first-order valence-electron chi connectivity index (χ1n) is 6.82. The molecule has 1 aliphatic heterocycles. The van der Waals surface area contributed by atoms with Crippen molar-refractivity contribution in [1.82, 2.24) is 9.62 Å². The number of carbonyl (C=O) groups excluding carboxylic acids is 1. The fourth-order valence-corrected chi connectivity index (χ4v) is 3.27. The van der Waals surface area contributed by atoms with Gasteiger partial charge in [-0.1, -0.05) is 17.7 Å². The molecule has 0 aliphatic carbocycles. The Labute approximate surface area is 125 Å². The fourth-order valence-electron chi connectivity index (χ4n) is 2.30. The van der Waals surface area contributed by atoms with E-state index in [2.05, 4.69) is 4.72 Å². The lowest BCUT2D eigenvalue weighted by Gasteiger charge is -2.35. The van der Waals surface area contributed by atoms with Crippen molar-refractivity contribution in [2.45, 2.75) is 37.9 Å². The van der Waals surface area contributed by atoms with Gasteiger partial charge in [-0.15, -0.1) is 0 Å². The predicted molar refractivity (Wildman–Crippen MR) is 78.5 cm³/mol. The van der Waals surface area contributed by atoms with Crippen LogP contribution in [0.1, 0.15) is 19.4 Å². The van der Waals surface area contributed by atoms with Crippen LogP contribution in [0, 0.1) is 6.92 Å². The van der Waals surface area contributed by atoms with E-state index in [9.17, 15) is 13.2 Å². The molecule has 0 spiro atoms. The number of sulfonamides is 1. The molecule has 0 unspecified atom stereocenters. The highest BCUT2D eigenvalue weighted by atomic mass is 32.2. The van der Waals surface area contributed by atoms with E-state index in [0.717, 1.165) is 5.56 Å². The molecule has 2 rings (SSSR count). The molecule has 1 N–H and O–H groups in total. The summed E-state index contributed by atoms with van der Waals surface area (Å²) in [6, 6.07) is 5.73. The van der Waals surface area contributed by atoms with Gasteiger partial charge < -0.3 is 9.64 Å². The summed E-state index contributed by atoms with van der Waals surface area (Å²) in [5.41, 5.74) is 0.955. The topological polar surface area (TPSA) is 75.7 Å². The van der Waals surface area contributed by atoms with Crippen molar-refractivity contribution in [1.29, 1.82) is 0 Å². The number of hydrogen-bond donors (Lipinski definition) is 1. The van der Waals surface area contributed by atoms with E-state index in [4.69, 9.17) is 4.74 Å². The highest BCUT2D eigenvalue weighted by molar-refractivity contribution is 7.90. The number of aryl methyl sites for hydroxylation is 1. The van der Waals surface area contributed by atoms with Crippen molar-refractivity contribution in [3.8, 4) is 0 Å². The number of hydrogen-bond acceptors (Lipinski definition) is 4. The number of rotatable bonds is 2. The first-order valence-corrected chi connectivity index (χ1v) is 8.30. The molecule has 6 nitrogen and oxygen atoms in total. The van der Waals surface area contributed by atoms with E-state index in [-0.39, 0.29) is 17.1 Å². The maximum Gasteiger partial charge on any atom is 0.331 e. The number of amides is 2. The van der Waals surface area contributed by atoms with Crippen LogP contribution in [0.2, 0.25) is 0 Å². The van der Waals surface area contributed by atoms with Crippen LogP contribution in [0.25, 0.3) is 0 Å². The highest BCUT2D eigenvalue weighted by Crippen LogP contribution is 2.13. The fraction of sp³-hybridized carbons (Fsp3) is 0.500. The summed E-state index contributed by atoms with van der Waals surface area (Å²) in [6.07, 6.45) is -0.219. The summed E-state index contributed by atoms with van der Waals surface area (Å²) in [6.45, 7) is 6.32. The number of benzene rings is 1. The Balaban J connectivity index is 2.09. The lowest BCUT2D eigenvalue weighted by atomic mass is 10.2. The molecular weight excluding hydrogens is 292 g/mol. The maximum absolute atomic E-state index is 12.2. The van der Waals surface area contributed by atoms with Gasteiger partial charge in [0.05, 0.1) is 17.1 Å². The molecule has 0 bridgehead atoms. The Morgan fingerprint density at radius 1 is 1.19 bits per heavy atom. The second-order valence-electron chi connectivity index (χ2n) is 5.39. The second kappa shape index (κ2) is 6.03. The maximum atomic E-state index is 12.2. The molecule has 0 saturated carbocycles. The van der Waals surface area contributed by atoms with Gasteiger partial charge in [-0.2, -0.15) is 0 Å². The van der Waals surface area contributed by atoms with Crippen LogP contribution in [-0.2, 0) is 14.8 Å². The third-order valence-electron chi connectivity index (χ3n) is 3.26. The molecule has 1 saturated heterocycles. The molecule has 2 amide bonds. The molecule has 21 heavy (non-hydrogen) atoms. The molecule has 1 fully saturated rings. The van der Waals surface area contributed by atoms with Crippen LogP contribution in [0.5, 0.6) is 0 Å². The number of morpholine rings is 1. The van der Waals surface area contributed by atoms with Crippen molar-refractivity contribution in [2.24, 2.45) is 0 Å². The molecule has 1 aromatic carbocycles. The van der Waals surface area contributed by atoms with Crippen LogP contribution in [-0.4, -0.2) is 44.6 Å². The number of carbonyl (C=O) groups is 1. The lowest BCUT2D eigenvalue weighted by Crippen LogP contribution is -2.52. The van der Waals surface area contributed by atoms with E-state index >= 15 is 0 Å². The molecule has 116 valence electrons. The second-order valence-corrected chi connectivity index (χ2v) is 7.07. The Hall–Kier alpha value is -1.60. The van der Waals surface area contributed by atoms with Crippen molar-refractivity contribution in [2.75, 3.05) is 13.1 Å². The highest BCUT2D eigenvalue weighted by Gasteiger charge is 2.28. The van der Waals surface area contributed by atoms with Gasteiger partial charge in [0, 0.05) is 13.1 Å². The van der Waals surface area contributed by atoms with Crippen LogP contribution in [0.3, 0.4) is 0 Å². The summed E-state index contributed by atoms with van der Waals surface area (Å²) in [7, 11) is -3.84. The Morgan fingerprint density at radius 3 is 2.24 bits per heavy atom. The number of urea groups is 1. The zero-order chi connectivity index (χ0) is 15.6. The molecule has 1 heterocycles. The number of ether oxygens (including phenoxy) is 1. The number of nitrogens with one attached hydrogen (secondary N) is 1. The monoisotopic (exact) mass is 312 g/mol. The molecule has 0 radical (unpaired) electrons. The van der Waals surface area contributed by atoms with E-state index in [1.807, 2.05) is 20.8 Å². The third-order valence-corrected chi connectivity index (χ3v) is 4.60. The smallest absolute Gasteiger partial charge is 0.331 e. The third kappa shape index (κ3) is 3.95. The van der Waals surface area contributed by atoms with Gasteiger partial charge in [0.1, 0.15) is 0 Å². The van der Waals surface area contributed by atoms with Crippen molar-refractivity contribution in [3.63, 3.8) is 0 Å². The van der Waals surface area contributed by atoms with Gasteiger partial charge in [-0.25, -0.2) is 17.9 Å². The van der Waals surface area contributed by atoms with Crippen LogP contribution in [0.4, 0.5) is 4.79 Å². The van der Waals surface area contributed by atoms with E-state index in [1.54, 1.807) is 12.1 Å². The molecule has 1 aliphatic rings. The minimum absolute atomic E-state index is 0.0795. The normalized spacial score (nSPS) is 22.9. The average Bonchev–Trinajstić information content (AvgIpc) is 2.37. The summed E-state index contributed by atoms with van der Waals surface area (Å²) in [5.74, 6) is 0. The van der Waals surface area contributed by atoms with E-state index < -0.39 is 16.1 Å². The van der Waals surface area contributed by atoms with E-state index in [0.29, 0.717) is 13.1 Å². The first-order chi connectivity index (χ1) is 9.78.